The van der Waals surface area contributed by atoms with Crippen LogP contribution in [-0.4, -0.2) is 39.0 Å². The molecule has 0 aromatic heterocycles. The highest BCUT2D eigenvalue weighted by Crippen LogP contribution is 2.39. The minimum atomic E-state index is 0.300. The van der Waals surface area contributed by atoms with Crippen LogP contribution in [0.15, 0.2) is 0 Å². The van der Waals surface area contributed by atoms with E-state index in [-0.39, 0.29) is 0 Å². The molecule has 0 radical (unpaired) electrons. The topological polar surface area (TPSA) is 30.5 Å². The second-order valence-electron chi connectivity index (χ2n) is 7.03. The molecular weight excluding hydrogens is 238 g/mol. The molecule has 1 rings (SSSR count). The van der Waals surface area contributed by atoms with Gasteiger partial charge in [0.15, 0.2) is 0 Å². The van der Waals surface area contributed by atoms with Gasteiger partial charge in [0.05, 0.1) is 12.2 Å². The summed E-state index contributed by atoms with van der Waals surface area (Å²) < 4.78 is 11.2. The second-order valence-corrected chi connectivity index (χ2v) is 7.03. The van der Waals surface area contributed by atoms with Crippen LogP contribution >= 0.6 is 0 Å². The van der Waals surface area contributed by atoms with Gasteiger partial charge in [0, 0.05) is 20.3 Å². The first-order chi connectivity index (χ1) is 8.93. The summed E-state index contributed by atoms with van der Waals surface area (Å²) in [6.45, 7) is 12.0. The number of hydrogen-bond acceptors (Lipinski definition) is 3. The van der Waals surface area contributed by atoms with Crippen molar-refractivity contribution in [1.82, 2.24) is 5.32 Å². The van der Waals surface area contributed by atoms with Crippen LogP contribution in [0.3, 0.4) is 0 Å². The summed E-state index contributed by atoms with van der Waals surface area (Å²) >= 11 is 0. The molecule has 0 bridgehead atoms. The molecule has 0 saturated heterocycles. The van der Waals surface area contributed by atoms with Crippen molar-refractivity contribution in [1.29, 1.82) is 0 Å². The standard InChI is InChI=1S/C16H33NO2/c1-13-9-15(11-16(3,4)10-13)19-14(2)12-17-7-6-8-18-5/h13-15,17H,6-12H2,1-5H3. The van der Waals surface area contributed by atoms with E-state index in [4.69, 9.17) is 9.47 Å². The van der Waals surface area contributed by atoms with Crippen molar-refractivity contribution in [2.24, 2.45) is 11.3 Å². The van der Waals surface area contributed by atoms with Gasteiger partial charge in [-0.3, -0.25) is 0 Å². The molecule has 3 unspecified atom stereocenters. The van der Waals surface area contributed by atoms with E-state index in [1.54, 1.807) is 7.11 Å². The Hall–Kier alpha value is -0.120. The average Bonchev–Trinajstić information content (AvgIpc) is 2.25. The zero-order valence-electron chi connectivity index (χ0n) is 13.5. The van der Waals surface area contributed by atoms with E-state index in [2.05, 4.69) is 33.0 Å². The molecule has 1 fully saturated rings. The fraction of sp³-hybridized carbons (Fsp3) is 1.00. The van der Waals surface area contributed by atoms with Gasteiger partial charge in [-0.05, 0) is 50.5 Å². The van der Waals surface area contributed by atoms with Crippen LogP contribution in [0.5, 0.6) is 0 Å². The number of ether oxygens (including phenoxy) is 2. The van der Waals surface area contributed by atoms with Gasteiger partial charge >= 0.3 is 0 Å². The lowest BCUT2D eigenvalue weighted by Crippen LogP contribution is -2.37. The molecule has 114 valence electrons. The molecule has 0 amide bonds. The Kier molecular flexibility index (Phi) is 7.33. The van der Waals surface area contributed by atoms with Crippen LogP contribution in [0.4, 0.5) is 0 Å². The van der Waals surface area contributed by atoms with Crippen LogP contribution in [0.2, 0.25) is 0 Å². The van der Waals surface area contributed by atoms with Crippen LogP contribution in [0, 0.1) is 11.3 Å². The molecule has 0 heterocycles. The molecule has 19 heavy (non-hydrogen) atoms. The van der Waals surface area contributed by atoms with Crippen molar-refractivity contribution in [3.05, 3.63) is 0 Å². The van der Waals surface area contributed by atoms with Crippen molar-refractivity contribution in [2.75, 3.05) is 26.8 Å². The molecule has 1 aliphatic carbocycles. The van der Waals surface area contributed by atoms with Crippen LogP contribution < -0.4 is 5.32 Å². The van der Waals surface area contributed by atoms with E-state index in [9.17, 15) is 0 Å². The number of rotatable bonds is 8. The Morgan fingerprint density at radius 2 is 2.05 bits per heavy atom. The predicted octanol–water partition coefficient (Wildman–Crippen LogP) is 3.23. The number of methoxy groups -OCH3 is 1. The van der Waals surface area contributed by atoms with Crippen molar-refractivity contribution in [3.63, 3.8) is 0 Å². The third-order valence-electron chi connectivity index (χ3n) is 3.91. The van der Waals surface area contributed by atoms with Gasteiger partial charge in [0.25, 0.3) is 0 Å². The maximum Gasteiger partial charge on any atom is 0.0675 e. The Bertz CT molecular complexity index is 243. The number of hydrogen-bond donors (Lipinski definition) is 1. The van der Waals surface area contributed by atoms with E-state index in [0.29, 0.717) is 17.6 Å². The zero-order chi connectivity index (χ0) is 14.3. The van der Waals surface area contributed by atoms with Crippen molar-refractivity contribution in [3.8, 4) is 0 Å². The highest BCUT2D eigenvalue weighted by atomic mass is 16.5. The van der Waals surface area contributed by atoms with Gasteiger partial charge < -0.3 is 14.8 Å². The van der Waals surface area contributed by atoms with Gasteiger partial charge in [-0.1, -0.05) is 20.8 Å². The lowest BCUT2D eigenvalue weighted by molar-refractivity contribution is -0.0576. The molecule has 1 saturated carbocycles. The maximum absolute atomic E-state index is 6.21. The molecular formula is C16H33NO2. The normalized spacial score (nSPS) is 28.3. The highest BCUT2D eigenvalue weighted by molar-refractivity contribution is 4.84. The van der Waals surface area contributed by atoms with Crippen molar-refractivity contribution < 1.29 is 9.47 Å². The molecule has 3 heteroatoms. The van der Waals surface area contributed by atoms with Crippen molar-refractivity contribution >= 4 is 0 Å². The lowest BCUT2D eigenvalue weighted by atomic mass is 9.71. The molecule has 1 N–H and O–H groups in total. The smallest absolute Gasteiger partial charge is 0.0675 e. The summed E-state index contributed by atoms with van der Waals surface area (Å²) in [4.78, 5) is 0. The van der Waals surface area contributed by atoms with E-state index in [1.165, 1.54) is 19.3 Å². The minimum absolute atomic E-state index is 0.300. The quantitative estimate of drug-likeness (QED) is 0.688. The van der Waals surface area contributed by atoms with Gasteiger partial charge in [-0.15, -0.1) is 0 Å². The van der Waals surface area contributed by atoms with Crippen LogP contribution in [0.25, 0.3) is 0 Å². The van der Waals surface area contributed by atoms with E-state index >= 15 is 0 Å². The van der Waals surface area contributed by atoms with E-state index in [0.717, 1.165) is 32.0 Å². The third kappa shape index (κ3) is 7.28. The van der Waals surface area contributed by atoms with E-state index in [1.807, 2.05) is 0 Å². The largest absolute Gasteiger partial charge is 0.385 e. The van der Waals surface area contributed by atoms with Gasteiger partial charge in [0.1, 0.15) is 0 Å². The summed E-state index contributed by atoms with van der Waals surface area (Å²) in [6, 6.07) is 0. The average molecular weight is 271 g/mol. The monoisotopic (exact) mass is 271 g/mol. The first-order valence-electron chi connectivity index (χ1n) is 7.78. The van der Waals surface area contributed by atoms with Crippen LogP contribution in [-0.2, 0) is 9.47 Å². The molecule has 0 aliphatic heterocycles. The molecule has 0 aromatic rings. The summed E-state index contributed by atoms with van der Waals surface area (Å²) in [6.07, 6.45) is 5.55. The Morgan fingerprint density at radius 3 is 2.68 bits per heavy atom. The Balaban J connectivity index is 2.18. The summed E-state index contributed by atoms with van der Waals surface area (Å²) in [5, 5.41) is 3.44. The highest BCUT2D eigenvalue weighted by Gasteiger charge is 2.33. The van der Waals surface area contributed by atoms with Gasteiger partial charge in [0.2, 0.25) is 0 Å². The molecule has 1 aliphatic rings. The SMILES string of the molecule is COCCCNCC(C)OC1CC(C)CC(C)(C)C1. The van der Waals surface area contributed by atoms with E-state index < -0.39 is 0 Å². The first-order valence-corrected chi connectivity index (χ1v) is 7.78. The second kappa shape index (κ2) is 8.23. The molecule has 3 atom stereocenters. The van der Waals surface area contributed by atoms with Crippen molar-refractivity contribution in [2.45, 2.75) is 65.6 Å². The fourth-order valence-corrected chi connectivity index (χ4v) is 3.39. The van der Waals surface area contributed by atoms with Gasteiger partial charge in [-0.25, -0.2) is 0 Å². The molecule has 0 spiro atoms. The maximum atomic E-state index is 6.21. The minimum Gasteiger partial charge on any atom is -0.385 e. The zero-order valence-corrected chi connectivity index (χ0v) is 13.5. The number of nitrogens with one attached hydrogen (secondary N) is 1. The summed E-state index contributed by atoms with van der Waals surface area (Å²) in [5.41, 5.74) is 0.438. The fourth-order valence-electron chi connectivity index (χ4n) is 3.39. The third-order valence-corrected chi connectivity index (χ3v) is 3.91. The Labute approximate surface area is 119 Å². The Morgan fingerprint density at radius 1 is 1.32 bits per heavy atom. The lowest BCUT2D eigenvalue weighted by Gasteiger charge is -2.39. The first kappa shape index (κ1) is 16.9. The summed E-state index contributed by atoms with van der Waals surface area (Å²) in [7, 11) is 1.75. The molecule has 3 nitrogen and oxygen atoms in total. The van der Waals surface area contributed by atoms with Crippen LogP contribution in [0.1, 0.15) is 53.4 Å². The predicted molar refractivity (Wildman–Crippen MR) is 80.5 cm³/mol. The molecule has 0 aromatic carbocycles. The van der Waals surface area contributed by atoms with Gasteiger partial charge in [-0.2, -0.15) is 0 Å². The summed E-state index contributed by atoms with van der Waals surface area (Å²) in [5.74, 6) is 0.788.